The molecule has 40 heavy (non-hydrogen) atoms. The number of nitrogens with one attached hydrogen (secondary N) is 1. The minimum absolute atomic E-state index is 0.138. The smallest absolute Gasteiger partial charge is 0.272 e. The number of likely N-dealkylation sites (N-methyl/N-ethyl adjacent to an activating group) is 1. The molecule has 0 bridgehead atoms. The molecule has 1 amide bonds. The molecule has 0 unspecified atom stereocenters. The molecule has 8 nitrogen and oxygen atoms in total. The molecule has 0 atom stereocenters. The first-order valence-electron chi connectivity index (χ1n) is 13.1. The number of ether oxygens (including phenoxy) is 1. The fourth-order valence-electron chi connectivity index (χ4n) is 4.92. The van der Waals surface area contributed by atoms with Crippen LogP contribution in [0.3, 0.4) is 0 Å². The van der Waals surface area contributed by atoms with E-state index in [2.05, 4.69) is 39.7 Å². The number of aryl methyl sites for hydroxylation is 1. The van der Waals surface area contributed by atoms with Gasteiger partial charge in [0.2, 0.25) is 0 Å². The molecule has 0 saturated carbocycles. The minimum atomic E-state index is -0.212. The number of aliphatic hydroxyl groups is 1. The number of methoxy groups -OCH3 is 1. The summed E-state index contributed by atoms with van der Waals surface area (Å²) in [5.74, 6) is 0.803. The van der Waals surface area contributed by atoms with Crippen molar-refractivity contribution in [2.24, 2.45) is 7.05 Å². The Hall–Kier alpha value is -4.18. The van der Waals surface area contributed by atoms with E-state index in [4.69, 9.17) is 10.5 Å². The summed E-state index contributed by atoms with van der Waals surface area (Å²) in [6.07, 6.45) is 5.94. The number of hydrogen-bond donors (Lipinski definition) is 3. The van der Waals surface area contributed by atoms with E-state index in [-0.39, 0.29) is 12.5 Å². The summed E-state index contributed by atoms with van der Waals surface area (Å²) < 4.78 is 8.62. The zero-order valence-electron chi connectivity index (χ0n) is 22.8. The number of carbonyl (C=O) groups excluding carboxylic acids is 1. The van der Waals surface area contributed by atoms with Gasteiger partial charge in [-0.05, 0) is 41.8 Å². The van der Waals surface area contributed by atoms with Gasteiger partial charge in [-0.1, -0.05) is 43.3 Å². The van der Waals surface area contributed by atoms with Crippen molar-refractivity contribution in [3.05, 3.63) is 77.4 Å². The van der Waals surface area contributed by atoms with E-state index >= 15 is 0 Å². The summed E-state index contributed by atoms with van der Waals surface area (Å²) in [7, 11) is 3.47. The molecule has 5 rings (SSSR count). The Morgan fingerprint density at radius 3 is 2.83 bits per heavy atom. The lowest BCUT2D eigenvalue weighted by molar-refractivity contribution is 0.101. The first-order valence-corrected chi connectivity index (χ1v) is 14.0. The molecule has 0 spiro atoms. The molecule has 0 aliphatic rings. The first-order chi connectivity index (χ1) is 19.4. The summed E-state index contributed by atoms with van der Waals surface area (Å²) in [6.45, 7) is 4.46. The highest BCUT2D eigenvalue weighted by Crippen LogP contribution is 2.41. The number of amides is 1. The van der Waals surface area contributed by atoms with E-state index in [0.717, 1.165) is 50.8 Å². The van der Waals surface area contributed by atoms with Crippen LogP contribution in [0, 0.1) is 0 Å². The van der Waals surface area contributed by atoms with Gasteiger partial charge in [-0.3, -0.25) is 9.69 Å². The Bertz CT molecular complexity index is 1700. The van der Waals surface area contributed by atoms with Gasteiger partial charge in [0.15, 0.2) is 0 Å². The maximum Gasteiger partial charge on any atom is 0.272 e. The number of fused-ring (bicyclic) bond motifs is 2. The first kappa shape index (κ1) is 27.4. The van der Waals surface area contributed by atoms with Crippen LogP contribution >= 0.6 is 11.3 Å². The number of rotatable bonds is 10. The Morgan fingerprint density at radius 1 is 1.25 bits per heavy atom. The highest BCUT2D eigenvalue weighted by molar-refractivity contribution is 7.18. The third-order valence-electron chi connectivity index (χ3n) is 7.12. The monoisotopic (exact) mass is 555 g/mol. The van der Waals surface area contributed by atoms with E-state index in [1.54, 1.807) is 24.6 Å². The zero-order valence-corrected chi connectivity index (χ0v) is 23.7. The number of aliphatic hydroxyl groups excluding tert-OH is 1. The standard InChI is InChI=1S/C31H33N5O3S/c1-4-36(14-15-37)13-7-9-22-18-33-30(32)28-23(19-40-29(22)28)20-11-12-24(27(17-20)39-3)34-31(38)26-16-21-8-5-6-10-25(21)35(26)2/h5-12,16-19,37H,4,13-15H2,1-3H3,(H2,32,33)(H,34,38). The van der Waals surface area contributed by atoms with Crippen LogP contribution in [-0.4, -0.2) is 58.8 Å². The molecule has 4 N–H and O–H groups in total. The van der Waals surface area contributed by atoms with Crippen molar-refractivity contribution in [3.63, 3.8) is 0 Å². The van der Waals surface area contributed by atoms with Crippen LogP contribution in [0.2, 0.25) is 0 Å². The Kier molecular flexibility index (Phi) is 8.16. The van der Waals surface area contributed by atoms with Gasteiger partial charge in [0, 0.05) is 58.5 Å². The van der Waals surface area contributed by atoms with Gasteiger partial charge in [-0.2, -0.15) is 0 Å². The number of nitrogens with two attached hydrogens (primary N) is 1. The minimum Gasteiger partial charge on any atom is -0.495 e. The molecule has 0 aliphatic carbocycles. The third kappa shape index (κ3) is 5.31. The predicted octanol–water partition coefficient (Wildman–Crippen LogP) is 5.63. The van der Waals surface area contributed by atoms with Crippen molar-refractivity contribution >= 4 is 55.8 Å². The maximum atomic E-state index is 13.2. The molecule has 2 aromatic carbocycles. The Morgan fingerprint density at radius 2 is 2.08 bits per heavy atom. The van der Waals surface area contributed by atoms with Gasteiger partial charge in [-0.15, -0.1) is 11.3 Å². The number of anilines is 2. The molecular formula is C31H33N5O3S. The van der Waals surface area contributed by atoms with Gasteiger partial charge in [0.05, 0.1) is 19.4 Å². The number of benzene rings is 2. The lowest BCUT2D eigenvalue weighted by atomic mass is 10.0. The normalized spacial score (nSPS) is 11.7. The fraction of sp³-hybridized carbons (Fsp3) is 0.226. The van der Waals surface area contributed by atoms with Crippen molar-refractivity contribution in [2.45, 2.75) is 6.92 Å². The second-order valence-electron chi connectivity index (χ2n) is 9.49. The molecule has 3 heterocycles. The lowest BCUT2D eigenvalue weighted by Gasteiger charge is -2.16. The molecule has 9 heteroatoms. The number of hydrogen-bond acceptors (Lipinski definition) is 7. The van der Waals surface area contributed by atoms with E-state index < -0.39 is 0 Å². The van der Waals surface area contributed by atoms with Crippen molar-refractivity contribution < 1.29 is 14.6 Å². The van der Waals surface area contributed by atoms with Crippen LogP contribution in [0.4, 0.5) is 11.5 Å². The average Bonchev–Trinajstić information content (AvgIpc) is 3.57. The Labute approximate surface area is 237 Å². The SMILES string of the molecule is CCN(CC=Cc1cnc(N)c2c(-c3ccc(NC(=O)c4cc5ccccc5n4C)c(OC)c3)csc12)CCO. The quantitative estimate of drug-likeness (QED) is 0.206. The van der Waals surface area contributed by atoms with Crippen LogP contribution in [0.5, 0.6) is 5.75 Å². The molecule has 0 saturated heterocycles. The largest absolute Gasteiger partial charge is 0.495 e. The fourth-order valence-corrected chi connectivity index (χ4v) is 6.00. The number of aromatic nitrogens is 2. The van der Waals surface area contributed by atoms with Crippen molar-refractivity contribution in [2.75, 3.05) is 44.4 Å². The van der Waals surface area contributed by atoms with E-state index in [1.807, 2.05) is 60.1 Å². The number of nitrogens with zero attached hydrogens (tertiary/aromatic N) is 3. The number of carbonyl (C=O) groups is 1. The summed E-state index contributed by atoms with van der Waals surface area (Å²) in [5, 5.41) is 16.2. The topological polar surface area (TPSA) is 106 Å². The highest BCUT2D eigenvalue weighted by atomic mass is 32.1. The second kappa shape index (κ2) is 11.9. The number of pyridine rings is 1. The summed E-state index contributed by atoms with van der Waals surface area (Å²) in [5.41, 5.74) is 11.4. The van der Waals surface area contributed by atoms with Gasteiger partial charge in [0.1, 0.15) is 17.3 Å². The van der Waals surface area contributed by atoms with Crippen LogP contribution in [0.25, 0.3) is 38.2 Å². The summed E-state index contributed by atoms with van der Waals surface area (Å²) in [6, 6.07) is 15.5. The van der Waals surface area contributed by atoms with E-state index in [0.29, 0.717) is 29.5 Å². The molecule has 0 radical (unpaired) electrons. The van der Waals surface area contributed by atoms with E-state index in [1.165, 1.54) is 0 Å². The number of thiophene rings is 1. The number of nitrogen functional groups attached to an aromatic ring is 1. The molecular weight excluding hydrogens is 522 g/mol. The zero-order chi connectivity index (χ0) is 28.2. The molecule has 5 aromatic rings. The van der Waals surface area contributed by atoms with Gasteiger partial charge in [-0.25, -0.2) is 4.98 Å². The van der Waals surface area contributed by atoms with Gasteiger partial charge < -0.3 is 25.5 Å². The molecule has 0 fully saturated rings. The Balaban J connectivity index is 1.43. The summed E-state index contributed by atoms with van der Waals surface area (Å²) in [4.78, 5) is 19.8. The van der Waals surface area contributed by atoms with Crippen molar-refractivity contribution in [1.29, 1.82) is 0 Å². The number of para-hydroxylation sites is 1. The molecule has 0 aliphatic heterocycles. The average molecular weight is 556 g/mol. The second-order valence-corrected chi connectivity index (χ2v) is 10.4. The van der Waals surface area contributed by atoms with Crippen LogP contribution in [-0.2, 0) is 7.05 Å². The lowest BCUT2D eigenvalue weighted by Crippen LogP contribution is -2.26. The van der Waals surface area contributed by atoms with Gasteiger partial charge in [0.25, 0.3) is 5.91 Å². The van der Waals surface area contributed by atoms with Crippen molar-refractivity contribution in [1.82, 2.24) is 14.5 Å². The highest BCUT2D eigenvalue weighted by Gasteiger charge is 2.18. The van der Waals surface area contributed by atoms with E-state index in [9.17, 15) is 9.90 Å². The van der Waals surface area contributed by atoms with Crippen molar-refractivity contribution in [3.8, 4) is 16.9 Å². The molecule has 206 valence electrons. The van der Waals surface area contributed by atoms with Gasteiger partial charge >= 0.3 is 0 Å². The summed E-state index contributed by atoms with van der Waals surface area (Å²) >= 11 is 1.62. The van der Waals surface area contributed by atoms with Crippen LogP contribution in [0.1, 0.15) is 23.0 Å². The predicted molar refractivity (Wildman–Crippen MR) is 165 cm³/mol. The maximum absolute atomic E-state index is 13.2. The molecule has 3 aromatic heterocycles. The third-order valence-corrected chi connectivity index (χ3v) is 8.15. The van der Waals surface area contributed by atoms with Crippen LogP contribution in [0.15, 0.2) is 66.2 Å². The van der Waals surface area contributed by atoms with Crippen LogP contribution < -0.4 is 15.8 Å².